The van der Waals surface area contributed by atoms with Crippen molar-refractivity contribution in [2.75, 3.05) is 0 Å². The van der Waals surface area contributed by atoms with Crippen molar-refractivity contribution in [3.63, 3.8) is 0 Å². The summed E-state index contributed by atoms with van der Waals surface area (Å²) in [4.78, 5) is 0. The molecule has 0 heterocycles. The molecule has 0 N–H and O–H groups in total. The summed E-state index contributed by atoms with van der Waals surface area (Å²) in [5, 5.41) is -1.05. The number of rotatable bonds is 2. The van der Waals surface area contributed by atoms with Gasteiger partial charge in [0.25, 0.3) is 0 Å². The lowest BCUT2D eigenvalue weighted by molar-refractivity contribution is 0.584. The third-order valence-corrected chi connectivity index (χ3v) is 4.21. The van der Waals surface area contributed by atoms with Gasteiger partial charge in [-0.25, -0.2) is 12.8 Å². The SMILES string of the molecule is CC(c1cc(Br)ccc1F)S(=O)(=O)Cl. The molecule has 14 heavy (non-hydrogen) atoms. The van der Waals surface area contributed by atoms with E-state index in [2.05, 4.69) is 15.9 Å². The lowest BCUT2D eigenvalue weighted by atomic mass is 10.1. The lowest BCUT2D eigenvalue weighted by Crippen LogP contribution is -2.05. The van der Waals surface area contributed by atoms with E-state index in [0.717, 1.165) is 0 Å². The Balaban J connectivity index is 3.26. The van der Waals surface area contributed by atoms with Gasteiger partial charge in [0.1, 0.15) is 11.1 Å². The number of hydrogen-bond donors (Lipinski definition) is 0. The van der Waals surface area contributed by atoms with Gasteiger partial charge in [-0.2, -0.15) is 0 Å². The van der Waals surface area contributed by atoms with E-state index in [9.17, 15) is 12.8 Å². The Morgan fingerprint density at radius 1 is 1.50 bits per heavy atom. The summed E-state index contributed by atoms with van der Waals surface area (Å²) < 4.78 is 35.8. The Morgan fingerprint density at radius 2 is 2.07 bits per heavy atom. The van der Waals surface area contributed by atoms with Crippen LogP contribution in [0, 0.1) is 5.82 Å². The first-order chi connectivity index (χ1) is 6.32. The van der Waals surface area contributed by atoms with Crippen LogP contribution >= 0.6 is 26.6 Å². The topological polar surface area (TPSA) is 34.1 Å². The Hall–Kier alpha value is -0.130. The third-order valence-electron chi connectivity index (χ3n) is 1.82. The average Bonchev–Trinajstić information content (AvgIpc) is 2.06. The molecule has 6 heteroatoms. The van der Waals surface area contributed by atoms with Crippen LogP contribution in [0.1, 0.15) is 17.7 Å². The Morgan fingerprint density at radius 3 is 2.57 bits per heavy atom. The predicted octanol–water partition coefficient (Wildman–Crippen LogP) is 3.22. The molecule has 0 aromatic heterocycles. The maximum atomic E-state index is 13.2. The molecular formula is C8H7BrClFO2S. The fourth-order valence-electron chi connectivity index (χ4n) is 0.978. The maximum Gasteiger partial charge on any atom is 0.239 e. The van der Waals surface area contributed by atoms with E-state index in [-0.39, 0.29) is 5.56 Å². The van der Waals surface area contributed by atoms with Crippen molar-refractivity contribution in [3.8, 4) is 0 Å². The molecule has 0 saturated heterocycles. The first kappa shape index (κ1) is 11.9. The summed E-state index contributed by atoms with van der Waals surface area (Å²) in [7, 11) is 1.35. The van der Waals surface area contributed by atoms with E-state index in [0.29, 0.717) is 4.47 Å². The molecule has 0 bridgehead atoms. The Kier molecular flexibility index (Phi) is 3.55. The molecule has 0 radical (unpaired) electrons. The van der Waals surface area contributed by atoms with Crippen LogP contribution in [0.5, 0.6) is 0 Å². The van der Waals surface area contributed by atoms with Crippen molar-refractivity contribution in [1.29, 1.82) is 0 Å². The molecule has 1 unspecified atom stereocenters. The lowest BCUT2D eigenvalue weighted by Gasteiger charge is -2.09. The second kappa shape index (κ2) is 4.16. The minimum Gasteiger partial charge on any atom is -0.212 e. The van der Waals surface area contributed by atoms with Crippen LogP contribution in [0.15, 0.2) is 22.7 Å². The zero-order valence-corrected chi connectivity index (χ0v) is 10.3. The van der Waals surface area contributed by atoms with Crippen LogP contribution in [-0.4, -0.2) is 8.42 Å². The van der Waals surface area contributed by atoms with Gasteiger partial charge in [-0.15, -0.1) is 0 Å². The van der Waals surface area contributed by atoms with E-state index in [4.69, 9.17) is 10.7 Å². The van der Waals surface area contributed by atoms with Gasteiger partial charge < -0.3 is 0 Å². The fourth-order valence-corrected chi connectivity index (χ4v) is 2.13. The van der Waals surface area contributed by atoms with E-state index < -0.39 is 20.1 Å². The molecule has 0 aliphatic heterocycles. The fraction of sp³-hybridized carbons (Fsp3) is 0.250. The van der Waals surface area contributed by atoms with Crippen LogP contribution in [-0.2, 0) is 9.05 Å². The highest BCUT2D eigenvalue weighted by Crippen LogP contribution is 2.29. The van der Waals surface area contributed by atoms with Crippen LogP contribution in [0.2, 0.25) is 0 Å². The normalized spacial score (nSPS) is 14.0. The predicted molar refractivity (Wildman–Crippen MR) is 57.3 cm³/mol. The van der Waals surface area contributed by atoms with Crippen LogP contribution in [0.3, 0.4) is 0 Å². The Bertz CT molecular complexity index is 447. The van der Waals surface area contributed by atoms with Crippen molar-refractivity contribution in [1.82, 2.24) is 0 Å². The van der Waals surface area contributed by atoms with Gasteiger partial charge in [-0.05, 0) is 25.1 Å². The van der Waals surface area contributed by atoms with Gasteiger partial charge in [0.2, 0.25) is 9.05 Å². The molecule has 0 saturated carbocycles. The van der Waals surface area contributed by atoms with Gasteiger partial charge in [-0.3, -0.25) is 0 Å². The van der Waals surface area contributed by atoms with Gasteiger partial charge in [0.05, 0.1) is 0 Å². The van der Waals surface area contributed by atoms with Gasteiger partial charge in [0.15, 0.2) is 0 Å². The van der Waals surface area contributed by atoms with Gasteiger partial charge in [-0.1, -0.05) is 15.9 Å². The summed E-state index contributed by atoms with van der Waals surface area (Å²) >= 11 is 3.13. The highest BCUT2D eigenvalue weighted by Gasteiger charge is 2.22. The summed E-state index contributed by atoms with van der Waals surface area (Å²) in [6.07, 6.45) is 0. The average molecular weight is 302 g/mol. The minimum absolute atomic E-state index is 0.0642. The van der Waals surface area contributed by atoms with Gasteiger partial charge in [0, 0.05) is 20.7 Å². The molecule has 0 amide bonds. The maximum absolute atomic E-state index is 13.2. The monoisotopic (exact) mass is 300 g/mol. The summed E-state index contributed by atoms with van der Waals surface area (Å²) in [5.74, 6) is -0.579. The quantitative estimate of drug-likeness (QED) is 0.786. The van der Waals surface area contributed by atoms with E-state index in [1.54, 1.807) is 0 Å². The highest BCUT2D eigenvalue weighted by atomic mass is 79.9. The van der Waals surface area contributed by atoms with Crippen LogP contribution in [0.4, 0.5) is 4.39 Å². The van der Waals surface area contributed by atoms with Crippen molar-refractivity contribution in [3.05, 3.63) is 34.1 Å². The number of halogens is 3. The number of benzene rings is 1. The first-order valence-corrected chi connectivity index (χ1v) is 6.87. The highest BCUT2D eigenvalue weighted by molar-refractivity contribution is 9.10. The standard InChI is InChI=1S/C8H7BrClFO2S/c1-5(14(10,12)13)7-4-6(9)2-3-8(7)11/h2-5H,1H3. The zero-order chi connectivity index (χ0) is 10.9. The Labute approximate surface area is 94.6 Å². The molecule has 0 aliphatic rings. The van der Waals surface area contributed by atoms with Crippen molar-refractivity contribution >= 4 is 35.7 Å². The smallest absolute Gasteiger partial charge is 0.212 e. The van der Waals surface area contributed by atoms with Crippen molar-refractivity contribution < 1.29 is 12.8 Å². The summed E-state index contributed by atoms with van der Waals surface area (Å²) in [6.45, 7) is 1.34. The molecule has 78 valence electrons. The zero-order valence-electron chi connectivity index (χ0n) is 7.17. The number of hydrogen-bond acceptors (Lipinski definition) is 2. The molecule has 0 aliphatic carbocycles. The second-order valence-electron chi connectivity index (χ2n) is 2.78. The minimum atomic E-state index is -3.78. The van der Waals surface area contributed by atoms with Crippen LogP contribution in [0.25, 0.3) is 0 Å². The van der Waals surface area contributed by atoms with E-state index in [1.165, 1.54) is 25.1 Å². The van der Waals surface area contributed by atoms with Gasteiger partial charge >= 0.3 is 0 Å². The van der Waals surface area contributed by atoms with Crippen molar-refractivity contribution in [2.24, 2.45) is 0 Å². The molecule has 2 nitrogen and oxygen atoms in total. The molecular weight excluding hydrogens is 295 g/mol. The van der Waals surface area contributed by atoms with Crippen molar-refractivity contribution in [2.45, 2.75) is 12.2 Å². The second-order valence-corrected chi connectivity index (χ2v) is 6.65. The summed E-state index contributed by atoms with van der Waals surface area (Å²) in [5.41, 5.74) is 0.0642. The molecule has 0 spiro atoms. The molecule has 0 fully saturated rings. The third kappa shape index (κ3) is 2.68. The van der Waals surface area contributed by atoms with E-state index >= 15 is 0 Å². The largest absolute Gasteiger partial charge is 0.239 e. The molecule has 1 aromatic rings. The summed E-state index contributed by atoms with van der Waals surface area (Å²) in [6, 6.07) is 4.09. The molecule has 1 atom stereocenters. The van der Waals surface area contributed by atoms with Crippen LogP contribution < -0.4 is 0 Å². The first-order valence-electron chi connectivity index (χ1n) is 3.71. The van der Waals surface area contributed by atoms with E-state index in [1.807, 2.05) is 0 Å². The molecule has 1 rings (SSSR count). The molecule has 1 aromatic carbocycles.